The van der Waals surface area contributed by atoms with Crippen molar-refractivity contribution in [2.24, 2.45) is 5.92 Å². The summed E-state index contributed by atoms with van der Waals surface area (Å²) in [7, 11) is 0. The number of nitrogens with zero attached hydrogens (tertiary/aromatic N) is 1. The lowest BCUT2D eigenvalue weighted by atomic mass is 10.2. The zero-order chi connectivity index (χ0) is 9.84. The number of aromatic nitrogens is 2. The van der Waals surface area contributed by atoms with Crippen molar-refractivity contribution < 1.29 is 4.79 Å². The molecule has 1 aromatic heterocycles. The maximum absolute atomic E-state index is 11.2. The average Bonchev–Trinajstić information content (AvgIpc) is 2.47. The highest BCUT2D eigenvalue weighted by molar-refractivity contribution is 5.77. The van der Waals surface area contributed by atoms with E-state index in [1.165, 1.54) is 0 Å². The Morgan fingerprint density at radius 3 is 2.92 bits per heavy atom. The van der Waals surface area contributed by atoms with Gasteiger partial charge in [0.25, 0.3) is 0 Å². The van der Waals surface area contributed by atoms with Crippen LogP contribution in [0.15, 0.2) is 6.20 Å². The first-order valence-electron chi connectivity index (χ1n) is 4.16. The number of nitrogens with two attached hydrogens (primary N) is 1. The Bertz CT molecular complexity index is 292. The standard InChI is InChI=1S/C8H14N4O/c1-5(2)8(13)10-3-6-4-11-12-7(6)9/h4-5H,3H2,1-2H3,(H,10,13)(H3,9,11,12). The van der Waals surface area contributed by atoms with E-state index in [9.17, 15) is 4.79 Å². The van der Waals surface area contributed by atoms with Crippen molar-refractivity contribution in [3.8, 4) is 0 Å². The van der Waals surface area contributed by atoms with E-state index in [2.05, 4.69) is 15.5 Å². The Labute approximate surface area is 76.7 Å². The van der Waals surface area contributed by atoms with Gasteiger partial charge in [0.1, 0.15) is 5.82 Å². The molecule has 0 aliphatic carbocycles. The number of nitrogens with one attached hydrogen (secondary N) is 2. The summed E-state index contributed by atoms with van der Waals surface area (Å²) in [4.78, 5) is 11.2. The Kier molecular flexibility index (Phi) is 2.89. The Morgan fingerprint density at radius 1 is 1.77 bits per heavy atom. The summed E-state index contributed by atoms with van der Waals surface area (Å²) in [5.74, 6) is 0.512. The van der Waals surface area contributed by atoms with Crippen LogP contribution in [-0.4, -0.2) is 16.1 Å². The number of aromatic amines is 1. The van der Waals surface area contributed by atoms with E-state index in [0.717, 1.165) is 5.56 Å². The van der Waals surface area contributed by atoms with Crippen LogP contribution in [0.5, 0.6) is 0 Å². The number of hydrogen-bond donors (Lipinski definition) is 3. The quantitative estimate of drug-likeness (QED) is 0.627. The smallest absolute Gasteiger partial charge is 0.222 e. The van der Waals surface area contributed by atoms with Gasteiger partial charge in [0.05, 0.1) is 6.20 Å². The van der Waals surface area contributed by atoms with Gasteiger partial charge in [0.2, 0.25) is 5.91 Å². The Balaban J connectivity index is 2.44. The topological polar surface area (TPSA) is 83.8 Å². The third kappa shape index (κ3) is 2.47. The molecule has 13 heavy (non-hydrogen) atoms. The molecular weight excluding hydrogens is 168 g/mol. The fraction of sp³-hybridized carbons (Fsp3) is 0.500. The lowest BCUT2D eigenvalue weighted by Crippen LogP contribution is -2.27. The van der Waals surface area contributed by atoms with Crippen molar-refractivity contribution >= 4 is 11.7 Å². The molecule has 4 N–H and O–H groups in total. The zero-order valence-corrected chi connectivity index (χ0v) is 7.79. The van der Waals surface area contributed by atoms with Gasteiger partial charge in [-0.2, -0.15) is 5.10 Å². The van der Waals surface area contributed by atoms with E-state index in [-0.39, 0.29) is 11.8 Å². The molecule has 0 saturated carbocycles. The second-order valence-corrected chi connectivity index (χ2v) is 3.18. The molecule has 0 unspecified atom stereocenters. The van der Waals surface area contributed by atoms with E-state index < -0.39 is 0 Å². The van der Waals surface area contributed by atoms with E-state index >= 15 is 0 Å². The first-order chi connectivity index (χ1) is 6.11. The van der Waals surface area contributed by atoms with Gasteiger partial charge in [0.15, 0.2) is 0 Å². The molecule has 1 aromatic rings. The molecule has 72 valence electrons. The zero-order valence-electron chi connectivity index (χ0n) is 7.79. The van der Waals surface area contributed by atoms with Crippen LogP contribution in [0.1, 0.15) is 19.4 Å². The van der Waals surface area contributed by atoms with Crippen LogP contribution in [0.2, 0.25) is 0 Å². The minimum absolute atomic E-state index is 0.00637. The highest BCUT2D eigenvalue weighted by Gasteiger charge is 2.07. The normalized spacial score (nSPS) is 10.4. The maximum atomic E-state index is 11.2. The summed E-state index contributed by atoms with van der Waals surface area (Å²) < 4.78 is 0. The van der Waals surface area contributed by atoms with Crippen LogP contribution in [0.4, 0.5) is 5.82 Å². The molecule has 1 rings (SSSR count). The van der Waals surface area contributed by atoms with Crippen LogP contribution < -0.4 is 11.1 Å². The second kappa shape index (κ2) is 3.93. The Morgan fingerprint density at radius 2 is 2.46 bits per heavy atom. The van der Waals surface area contributed by atoms with E-state index in [4.69, 9.17) is 5.73 Å². The summed E-state index contributed by atoms with van der Waals surface area (Å²) >= 11 is 0. The Hall–Kier alpha value is -1.52. The molecule has 0 aliphatic rings. The van der Waals surface area contributed by atoms with Gasteiger partial charge in [-0.15, -0.1) is 0 Å². The van der Waals surface area contributed by atoms with E-state index in [1.54, 1.807) is 6.20 Å². The third-order valence-electron chi connectivity index (χ3n) is 1.73. The van der Waals surface area contributed by atoms with Crippen molar-refractivity contribution in [2.75, 3.05) is 5.73 Å². The van der Waals surface area contributed by atoms with Crippen molar-refractivity contribution in [1.29, 1.82) is 0 Å². The molecule has 0 aliphatic heterocycles. The highest BCUT2D eigenvalue weighted by Crippen LogP contribution is 2.05. The van der Waals surface area contributed by atoms with Crippen molar-refractivity contribution in [2.45, 2.75) is 20.4 Å². The van der Waals surface area contributed by atoms with Gasteiger partial charge in [-0.25, -0.2) is 0 Å². The van der Waals surface area contributed by atoms with Crippen LogP contribution >= 0.6 is 0 Å². The van der Waals surface area contributed by atoms with E-state index in [0.29, 0.717) is 12.4 Å². The molecule has 0 spiro atoms. The van der Waals surface area contributed by atoms with Gasteiger partial charge in [-0.1, -0.05) is 13.8 Å². The second-order valence-electron chi connectivity index (χ2n) is 3.18. The van der Waals surface area contributed by atoms with Crippen molar-refractivity contribution in [3.05, 3.63) is 11.8 Å². The summed E-state index contributed by atoms with van der Waals surface area (Å²) in [5.41, 5.74) is 6.35. The number of H-pyrrole nitrogens is 1. The molecule has 1 heterocycles. The maximum Gasteiger partial charge on any atom is 0.222 e. The minimum atomic E-state index is -0.00637. The largest absolute Gasteiger partial charge is 0.384 e. The molecule has 0 aromatic carbocycles. The first kappa shape index (κ1) is 9.57. The van der Waals surface area contributed by atoms with Crippen LogP contribution in [0.3, 0.4) is 0 Å². The molecule has 5 heteroatoms. The van der Waals surface area contributed by atoms with Gasteiger partial charge >= 0.3 is 0 Å². The third-order valence-corrected chi connectivity index (χ3v) is 1.73. The van der Waals surface area contributed by atoms with Crippen molar-refractivity contribution in [1.82, 2.24) is 15.5 Å². The monoisotopic (exact) mass is 182 g/mol. The molecular formula is C8H14N4O. The SMILES string of the molecule is CC(C)C(=O)NCc1cn[nH]c1N. The lowest BCUT2D eigenvalue weighted by molar-refractivity contribution is -0.124. The summed E-state index contributed by atoms with van der Waals surface area (Å²) in [6.45, 7) is 4.11. The number of anilines is 1. The van der Waals surface area contributed by atoms with Gasteiger partial charge in [-0.3, -0.25) is 9.89 Å². The molecule has 0 radical (unpaired) electrons. The predicted molar refractivity (Wildman–Crippen MR) is 49.7 cm³/mol. The number of carbonyl (C=O) groups is 1. The first-order valence-corrected chi connectivity index (χ1v) is 4.16. The van der Waals surface area contributed by atoms with Crippen LogP contribution in [0, 0.1) is 5.92 Å². The van der Waals surface area contributed by atoms with Crippen LogP contribution in [-0.2, 0) is 11.3 Å². The summed E-state index contributed by atoms with van der Waals surface area (Å²) in [6, 6.07) is 0. The van der Waals surface area contributed by atoms with Gasteiger partial charge in [0, 0.05) is 18.0 Å². The molecule has 5 nitrogen and oxygen atoms in total. The molecule has 0 atom stereocenters. The van der Waals surface area contributed by atoms with Crippen molar-refractivity contribution in [3.63, 3.8) is 0 Å². The molecule has 1 amide bonds. The number of nitrogen functional groups attached to an aromatic ring is 1. The van der Waals surface area contributed by atoms with E-state index in [1.807, 2.05) is 13.8 Å². The average molecular weight is 182 g/mol. The molecule has 0 saturated heterocycles. The summed E-state index contributed by atoms with van der Waals surface area (Å²) in [6.07, 6.45) is 1.61. The number of rotatable bonds is 3. The van der Waals surface area contributed by atoms with Gasteiger partial charge in [-0.05, 0) is 0 Å². The lowest BCUT2D eigenvalue weighted by Gasteiger charge is -2.06. The minimum Gasteiger partial charge on any atom is -0.384 e. The predicted octanol–water partition coefficient (Wildman–Crippen LogP) is 0.264. The van der Waals surface area contributed by atoms with Crippen LogP contribution in [0.25, 0.3) is 0 Å². The fourth-order valence-corrected chi connectivity index (χ4v) is 0.848. The highest BCUT2D eigenvalue weighted by atomic mass is 16.1. The number of carbonyl (C=O) groups excluding carboxylic acids is 1. The molecule has 0 bridgehead atoms. The molecule has 0 fully saturated rings. The number of amides is 1. The fourth-order valence-electron chi connectivity index (χ4n) is 0.848. The van der Waals surface area contributed by atoms with Gasteiger partial charge < -0.3 is 11.1 Å². The summed E-state index contributed by atoms with van der Waals surface area (Å²) in [5, 5.41) is 9.09. The number of hydrogen-bond acceptors (Lipinski definition) is 3.